The Labute approximate surface area is 191 Å². The van der Waals surface area contributed by atoms with Gasteiger partial charge in [0.1, 0.15) is 0 Å². The standard InChI is InChI=1S/C22H24N6O4S/c1-12(25-2)22(30)26-14-5-3-13-4-10-17-19(21(23)29)27-28(20(17)18(13)11-14)15-6-8-16(9-7-15)33(24,31)32/h3,5-9,11-12,25H,4,10H2,1-2H3,(H2,23,29)(H,26,30)(H2,24,31,32)/t12-/m0/s1. The Bertz CT molecular complexity index is 1360. The summed E-state index contributed by atoms with van der Waals surface area (Å²) in [7, 11) is -2.15. The maximum atomic E-state index is 12.3. The van der Waals surface area contributed by atoms with E-state index in [0.717, 1.165) is 11.1 Å². The van der Waals surface area contributed by atoms with Crippen molar-refractivity contribution in [2.45, 2.75) is 30.7 Å². The molecule has 33 heavy (non-hydrogen) atoms. The number of benzene rings is 2. The molecular weight excluding hydrogens is 444 g/mol. The normalized spacial score (nSPS) is 13.7. The van der Waals surface area contributed by atoms with Gasteiger partial charge >= 0.3 is 0 Å². The Kier molecular flexibility index (Phi) is 5.78. The van der Waals surface area contributed by atoms with Crippen LogP contribution < -0.4 is 21.5 Å². The zero-order valence-corrected chi connectivity index (χ0v) is 18.9. The number of hydrogen-bond donors (Lipinski definition) is 4. The average Bonchev–Trinajstić information content (AvgIpc) is 3.18. The molecule has 0 saturated heterocycles. The van der Waals surface area contributed by atoms with Crippen molar-refractivity contribution in [3.63, 3.8) is 0 Å². The van der Waals surface area contributed by atoms with E-state index in [1.54, 1.807) is 30.8 Å². The van der Waals surface area contributed by atoms with Crippen LogP contribution in [0.3, 0.4) is 0 Å². The van der Waals surface area contributed by atoms with E-state index in [0.29, 0.717) is 35.5 Å². The smallest absolute Gasteiger partial charge is 0.269 e. The molecule has 0 saturated carbocycles. The number of carbonyl (C=O) groups excluding carboxylic acids is 2. The third kappa shape index (κ3) is 4.25. The molecule has 1 atom stereocenters. The number of fused-ring (bicyclic) bond motifs is 3. The number of nitrogens with zero attached hydrogens (tertiary/aromatic N) is 2. The zero-order valence-electron chi connectivity index (χ0n) is 18.1. The Hall–Kier alpha value is -3.54. The minimum Gasteiger partial charge on any atom is -0.364 e. The molecule has 0 unspecified atom stereocenters. The van der Waals surface area contributed by atoms with Gasteiger partial charge in [0.15, 0.2) is 5.69 Å². The van der Waals surface area contributed by atoms with E-state index in [1.807, 2.05) is 18.2 Å². The predicted molar refractivity (Wildman–Crippen MR) is 123 cm³/mol. The molecular formula is C22H24N6O4S. The molecule has 6 N–H and O–H groups in total. The number of primary sulfonamides is 1. The molecule has 0 spiro atoms. The average molecular weight is 469 g/mol. The third-order valence-corrected chi connectivity index (χ3v) is 6.66. The molecule has 4 rings (SSSR count). The Morgan fingerprint density at radius 2 is 1.82 bits per heavy atom. The van der Waals surface area contributed by atoms with Crippen LogP contribution in [0.15, 0.2) is 47.4 Å². The Morgan fingerprint density at radius 3 is 2.42 bits per heavy atom. The first-order valence-corrected chi connectivity index (χ1v) is 11.8. The van der Waals surface area contributed by atoms with Gasteiger partial charge in [-0.2, -0.15) is 5.10 Å². The summed E-state index contributed by atoms with van der Waals surface area (Å²) in [4.78, 5) is 24.4. The topological polar surface area (TPSA) is 162 Å². The highest BCUT2D eigenvalue weighted by Crippen LogP contribution is 2.38. The van der Waals surface area contributed by atoms with Crippen LogP contribution in [0, 0.1) is 0 Å². The number of rotatable bonds is 6. The highest BCUT2D eigenvalue weighted by molar-refractivity contribution is 7.89. The van der Waals surface area contributed by atoms with Gasteiger partial charge in [-0.15, -0.1) is 0 Å². The predicted octanol–water partition coefficient (Wildman–Crippen LogP) is 0.931. The number of nitrogens with one attached hydrogen (secondary N) is 2. The van der Waals surface area contributed by atoms with E-state index >= 15 is 0 Å². The second-order valence-electron chi connectivity index (χ2n) is 7.86. The lowest BCUT2D eigenvalue weighted by atomic mass is 9.88. The van der Waals surface area contributed by atoms with E-state index < -0.39 is 15.9 Å². The molecule has 172 valence electrons. The van der Waals surface area contributed by atoms with Gasteiger partial charge in [-0.1, -0.05) is 6.07 Å². The molecule has 10 nitrogen and oxygen atoms in total. The monoisotopic (exact) mass is 468 g/mol. The van der Waals surface area contributed by atoms with Crippen molar-refractivity contribution in [1.82, 2.24) is 15.1 Å². The van der Waals surface area contributed by atoms with E-state index in [-0.39, 0.29) is 22.5 Å². The molecule has 1 heterocycles. The molecule has 2 amide bonds. The van der Waals surface area contributed by atoms with Crippen molar-refractivity contribution in [2.75, 3.05) is 12.4 Å². The van der Waals surface area contributed by atoms with Gasteiger partial charge in [-0.25, -0.2) is 18.2 Å². The fourth-order valence-corrected chi connectivity index (χ4v) is 4.38. The summed E-state index contributed by atoms with van der Waals surface area (Å²) >= 11 is 0. The molecule has 0 fully saturated rings. The maximum Gasteiger partial charge on any atom is 0.269 e. The van der Waals surface area contributed by atoms with Gasteiger partial charge < -0.3 is 16.4 Å². The largest absolute Gasteiger partial charge is 0.364 e. The number of sulfonamides is 1. The highest BCUT2D eigenvalue weighted by atomic mass is 32.2. The number of primary amides is 1. The van der Waals surface area contributed by atoms with Crippen LogP contribution in [0.25, 0.3) is 16.9 Å². The fraction of sp³-hybridized carbons (Fsp3) is 0.227. The van der Waals surface area contributed by atoms with Crippen LogP contribution in [0.2, 0.25) is 0 Å². The van der Waals surface area contributed by atoms with Crippen LogP contribution in [0.5, 0.6) is 0 Å². The lowest BCUT2D eigenvalue weighted by molar-refractivity contribution is -0.117. The quantitative estimate of drug-likeness (QED) is 0.421. The van der Waals surface area contributed by atoms with Gasteiger partial charge in [0.05, 0.1) is 22.3 Å². The molecule has 3 aromatic rings. The van der Waals surface area contributed by atoms with Crippen molar-refractivity contribution >= 4 is 27.5 Å². The molecule has 0 aliphatic heterocycles. The molecule has 1 aliphatic carbocycles. The van der Waals surface area contributed by atoms with Crippen LogP contribution in [-0.4, -0.2) is 43.1 Å². The van der Waals surface area contributed by atoms with Crippen molar-refractivity contribution in [3.8, 4) is 16.9 Å². The first-order chi connectivity index (χ1) is 15.6. The lowest BCUT2D eigenvalue weighted by Gasteiger charge is -2.20. The lowest BCUT2D eigenvalue weighted by Crippen LogP contribution is -2.35. The first-order valence-electron chi connectivity index (χ1n) is 10.3. The van der Waals surface area contributed by atoms with E-state index in [4.69, 9.17) is 10.9 Å². The second kappa shape index (κ2) is 8.43. The van der Waals surface area contributed by atoms with Crippen LogP contribution >= 0.6 is 0 Å². The van der Waals surface area contributed by atoms with Gasteiger partial charge in [-0.05, 0) is 68.8 Å². The number of carbonyl (C=O) groups is 2. The van der Waals surface area contributed by atoms with Crippen LogP contribution in [-0.2, 0) is 27.7 Å². The summed E-state index contributed by atoms with van der Waals surface area (Å²) in [5.41, 5.74) is 10.1. The summed E-state index contributed by atoms with van der Waals surface area (Å²) in [5.74, 6) is -0.833. The SMILES string of the molecule is CN[C@@H](C)C(=O)Nc1ccc2c(c1)-c1c(c(C(N)=O)nn1-c1ccc(S(N)(=O)=O)cc1)CC2. The summed E-state index contributed by atoms with van der Waals surface area (Å²) < 4.78 is 24.8. The minimum atomic E-state index is -3.85. The van der Waals surface area contributed by atoms with E-state index in [2.05, 4.69) is 15.7 Å². The first kappa shape index (κ1) is 22.6. The van der Waals surface area contributed by atoms with Crippen molar-refractivity contribution in [1.29, 1.82) is 0 Å². The van der Waals surface area contributed by atoms with E-state index in [1.165, 1.54) is 12.1 Å². The van der Waals surface area contributed by atoms with Gasteiger partial charge in [0, 0.05) is 16.8 Å². The molecule has 11 heteroatoms. The van der Waals surface area contributed by atoms with Gasteiger partial charge in [-0.3, -0.25) is 9.59 Å². The van der Waals surface area contributed by atoms with E-state index in [9.17, 15) is 18.0 Å². The van der Waals surface area contributed by atoms with Gasteiger partial charge in [0.25, 0.3) is 5.91 Å². The molecule has 1 aliphatic rings. The number of anilines is 1. The Morgan fingerprint density at radius 1 is 1.12 bits per heavy atom. The zero-order chi connectivity index (χ0) is 23.9. The second-order valence-corrected chi connectivity index (χ2v) is 9.42. The number of likely N-dealkylation sites (N-methyl/N-ethyl adjacent to an activating group) is 1. The number of aryl methyl sites for hydroxylation is 1. The minimum absolute atomic E-state index is 0.0357. The number of aromatic nitrogens is 2. The summed E-state index contributed by atoms with van der Waals surface area (Å²) in [6.45, 7) is 1.76. The highest BCUT2D eigenvalue weighted by Gasteiger charge is 2.28. The fourth-order valence-electron chi connectivity index (χ4n) is 3.86. The number of amides is 2. The third-order valence-electron chi connectivity index (χ3n) is 5.73. The van der Waals surface area contributed by atoms with Crippen molar-refractivity contribution in [3.05, 3.63) is 59.3 Å². The van der Waals surface area contributed by atoms with Gasteiger partial charge in [0.2, 0.25) is 15.9 Å². The summed E-state index contributed by atoms with van der Waals surface area (Å²) in [5, 5.41) is 15.4. The molecule has 1 aromatic heterocycles. The number of hydrogen-bond acceptors (Lipinski definition) is 6. The summed E-state index contributed by atoms with van der Waals surface area (Å²) in [6, 6.07) is 11.1. The van der Waals surface area contributed by atoms with Crippen molar-refractivity contribution < 1.29 is 18.0 Å². The molecule has 0 radical (unpaired) electrons. The maximum absolute atomic E-state index is 12.3. The molecule has 2 aromatic carbocycles. The van der Waals surface area contributed by atoms with Crippen molar-refractivity contribution in [2.24, 2.45) is 10.9 Å². The number of nitrogens with two attached hydrogens (primary N) is 2. The van der Waals surface area contributed by atoms with Crippen LogP contribution in [0.1, 0.15) is 28.5 Å². The Balaban J connectivity index is 1.85. The summed E-state index contributed by atoms with van der Waals surface area (Å²) in [6.07, 6.45) is 1.25. The molecule has 0 bridgehead atoms. The van der Waals surface area contributed by atoms with Crippen LogP contribution in [0.4, 0.5) is 5.69 Å².